The molecular formula is C14H24N4OS. The molecule has 1 aliphatic rings. The number of rotatable bonds is 6. The van der Waals surface area contributed by atoms with Crippen LogP contribution in [0.5, 0.6) is 0 Å². The van der Waals surface area contributed by atoms with Crippen LogP contribution in [0.25, 0.3) is 0 Å². The van der Waals surface area contributed by atoms with E-state index in [9.17, 15) is 4.79 Å². The van der Waals surface area contributed by atoms with Crippen LogP contribution in [0.4, 0.5) is 10.9 Å². The van der Waals surface area contributed by atoms with Crippen LogP contribution in [0, 0.1) is 5.92 Å². The van der Waals surface area contributed by atoms with Crippen LogP contribution < -0.4 is 10.6 Å². The lowest BCUT2D eigenvalue weighted by Crippen LogP contribution is -2.34. The molecule has 0 saturated heterocycles. The molecule has 1 heterocycles. The molecule has 0 bridgehead atoms. The smallest absolute Gasteiger partial charge is 0.267 e. The molecule has 1 fully saturated rings. The summed E-state index contributed by atoms with van der Waals surface area (Å²) in [6.45, 7) is 6.72. The fourth-order valence-corrected chi connectivity index (χ4v) is 3.53. The van der Waals surface area contributed by atoms with Crippen LogP contribution in [-0.4, -0.2) is 42.5 Å². The van der Waals surface area contributed by atoms with Crippen molar-refractivity contribution in [3.05, 3.63) is 4.88 Å². The minimum atomic E-state index is 0.00491. The van der Waals surface area contributed by atoms with Gasteiger partial charge in [-0.15, -0.1) is 0 Å². The highest BCUT2D eigenvalue weighted by molar-refractivity contribution is 7.18. The van der Waals surface area contributed by atoms with Gasteiger partial charge in [-0.05, 0) is 32.6 Å². The third-order valence-electron chi connectivity index (χ3n) is 3.97. The lowest BCUT2D eigenvalue weighted by Gasteiger charge is -2.29. The predicted octanol–water partition coefficient (Wildman–Crippen LogP) is 2.44. The van der Waals surface area contributed by atoms with Gasteiger partial charge in [0.1, 0.15) is 10.7 Å². The van der Waals surface area contributed by atoms with E-state index in [1.54, 1.807) is 4.90 Å². The van der Waals surface area contributed by atoms with E-state index < -0.39 is 0 Å². The molecule has 0 radical (unpaired) electrons. The monoisotopic (exact) mass is 296 g/mol. The molecule has 0 spiro atoms. The average Bonchev–Trinajstić information content (AvgIpc) is 2.76. The zero-order valence-corrected chi connectivity index (χ0v) is 13.4. The van der Waals surface area contributed by atoms with Gasteiger partial charge in [-0.25, -0.2) is 4.98 Å². The summed E-state index contributed by atoms with van der Waals surface area (Å²) in [4.78, 5) is 21.3. The molecule has 1 saturated carbocycles. The van der Waals surface area contributed by atoms with E-state index >= 15 is 0 Å². The number of carbonyl (C=O) groups is 1. The lowest BCUT2D eigenvalue weighted by molar-refractivity contribution is 0.0751. The van der Waals surface area contributed by atoms with E-state index in [1.165, 1.54) is 30.6 Å². The van der Waals surface area contributed by atoms with Crippen LogP contribution in [0.1, 0.15) is 42.8 Å². The first-order valence-corrected chi connectivity index (χ1v) is 8.15. The quantitative estimate of drug-likeness (QED) is 0.876. The van der Waals surface area contributed by atoms with Gasteiger partial charge >= 0.3 is 0 Å². The van der Waals surface area contributed by atoms with Crippen LogP contribution >= 0.6 is 11.3 Å². The standard InChI is InChI=1S/C14H24N4OS/c1-4-18(5-2)14-16-12(15)11(20-14)13(19)17(3)9-10-7-6-8-10/h10H,4-9,15H2,1-3H3. The maximum Gasteiger partial charge on any atom is 0.267 e. The highest BCUT2D eigenvalue weighted by Gasteiger charge is 2.25. The van der Waals surface area contributed by atoms with Crippen LogP contribution in [0.3, 0.4) is 0 Å². The summed E-state index contributed by atoms with van der Waals surface area (Å²) in [6, 6.07) is 0. The van der Waals surface area contributed by atoms with Gasteiger partial charge in [0.05, 0.1) is 0 Å². The molecule has 20 heavy (non-hydrogen) atoms. The fourth-order valence-electron chi connectivity index (χ4n) is 2.42. The number of anilines is 2. The minimum absolute atomic E-state index is 0.00491. The normalized spacial score (nSPS) is 14.9. The number of hydrogen-bond acceptors (Lipinski definition) is 5. The predicted molar refractivity (Wildman–Crippen MR) is 84.4 cm³/mol. The van der Waals surface area contributed by atoms with Gasteiger partial charge in [-0.2, -0.15) is 0 Å². The number of aromatic nitrogens is 1. The number of amides is 1. The molecule has 2 rings (SSSR count). The zero-order valence-electron chi connectivity index (χ0n) is 12.6. The fraction of sp³-hybridized carbons (Fsp3) is 0.714. The molecule has 0 atom stereocenters. The minimum Gasteiger partial charge on any atom is -0.382 e. The molecule has 0 unspecified atom stereocenters. The Morgan fingerprint density at radius 1 is 1.40 bits per heavy atom. The van der Waals surface area contributed by atoms with Gasteiger partial charge in [-0.3, -0.25) is 4.79 Å². The number of hydrogen-bond donors (Lipinski definition) is 1. The van der Waals surface area contributed by atoms with Crippen molar-refractivity contribution in [1.29, 1.82) is 0 Å². The Morgan fingerprint density at radius 2 is 2.05 bits per heavy atom. The molecule has 112 valence electrons. The number of carbonyl (C=O) groups excluding carboxylic acids is 1. The van der Waals surface area contributed by atoms with E-state index in [1.807, 2.05) is 7.05 Å². The number of nitrogens with zero attached hydrogens (tertiary/aromatic N) is 3. The largest absolute Gasteiger partial charge is 0.382 e. The molecule has 1 aromatic heterocycles. The summed E-state index contributed by atoms with van der Waals surface area (Å²) in [5.74, 6) is 1.04. The van der Waals surface area contributed by atoms with Crippen LogP contribution in [0.2, 0.25) is 0 Å². The van der Waals surface area contributed by atoms with E-state index in [0.717, 1.165) is 24.8 Å². The molecule has 6 heteroatoms. The lowest BCUT2D eigenvalue weighted by atomic mass is 9.85. The second kappa shape index (κ2) is 6.43. The highest BCUT2D eigenvalue weighted by atomic mass is 32.1. The van der Waals surface area contributed by atoms with Crippen molar-refractivity contribution in [2.75, 3.05) is 37.3 Å². The first kappa shape index (κ1) is 15.1. The first-order valence-electron chi connectivity index (χ1n) is 7.33. The van der Waals surface area contributed by atoms with Gasteiger partial charge in [0.2, 0.25) is 0 Å². The van der Waals surface area contributed by atoms with Gasteiger partial charge < -0.3 is 15.5 Å². The molecule has 0 aromatic carbocycles. The summed E-state index contributed by atoms with van der Waals surface area (Å²) < 4.78 is 0. The van der Waals surface area contributed by atoms with Gasteiger partial charge in [0.25, 0.3) is 5.91 Å². The Balaban J connectivity index is 2.08. The molecular weight excluding hydrogens is 272 g/mol. The van der Waals surface area contributed by atoms with Crippen molar-refractivity contribution in [2.24, 2.45) is 5.92 Å². The SMILES string of the molecule is CCN(CC)c1nc(N)c(C(=O)N(C)CC2CCC2)s1. The number of nitrogen functional groups attached to an aromatic ring is 1. The summed E-state index contributed by atoms with van der Waals surface area (Å²) in [7, 11) is 1.86. The Hall–Kier alpha value is -1.30. The molecule has 1 aliphatic carbocycles. The van der Waals surface area contributed by atoms with E-state index in [4.69, 9.17) is 5.73 Å². The van der Waals surface area contributed by atoms with Gasteiger partial charge in [0.15, 0.2) is 5.13 Å². The van der Waals surface area contributed by atoms with E-state index in [2.05, 4.69) is 23.7 Å². The Kier molecular flexibility index (Phi) is 4.86. The van der Waals surface area contributed by atoms with Crippen LogP contribution in [0.15, 0.2) is 0 Å². The second-order valence-electron chi connectivity index (χ2n) is 5.37. The van der Waals surface area contributed by atoms with E-state index in [0.29, 0.717) is 16.6 Å². The summed E-state index contributed by atoms with van der Waals surface area (Å²) in [5.41, 5.74) is 5.93. The van der Waals surface area contributed by atoms with Gasteiger partial charge in [-0.1, -0.05) is 17.8 Å². The van der Waals surface area contributed by atoms with Crippen molar-refractivity contribution in [1.82, 2.24) is 9.88 Å². The maximum atomic E-state index is 12.5. The maximum absolute atomic E-state index is 12.5. The average molecular weight is 296 g/mol. The van der Waals surface area contributed by atoms with Crippen molar-refractivity contribution >= 4 is 28.2 Å². The zero-order chi connectivity index (χ0) is 14.7. The molecule has 0 aliphatic heterocycles. The molecule has 2 N–H and O–H groups in total. The Morgan fingerprint density at radius 3 is 2.55 bits per heavy atom. The molecule has 1 aromatic rings. The summed E-state index contributed by atoms with van der Waals surface area (Å²) in [5, 5.41) is 0.841. The topological polar surface area (TPSA) is 62.5 Å². The third-order valence-corrected chi connectivity index (χ3v) is 5.09. The van der Waals surface area contributed by atoms with Crippen molar-refractivity contribution in [3.63, 3.8) is 0 Å². The van der Waals surface area contributed by atoms with Gasteiger partial charge in [0, 0.05) is 26.7 Å². The molecule has 5 nitrogen and oxygen atoms in total. The Labute approximate surface area is 124 Å². The second-order valence-corrected chi connectivity index (χ2v) is 6.34. The first-order chi connectivity index (χ1) is 9.56. The highest BCUT2D eigenvalue weighted by Crippen LogP contribution is 2.31. The number of thiazole rings is 1. The Bertz CT molecular complexity index is 466. The van der Waals surface area contributed by atoms with Crippen molar-refractivity contribution in [3.8, 4) is 0 Å². The summed E-state index contributed by atoms with van der Waals surface area (Å²) >= 11 is 1.40. The number of nitrogens with two attached hydrogens (primary N) is 1. The van der Waals surface area contributed by atoms with Crippen LogP contribution in [-0.2, 0) is 0 Å². The van der Waals surface area contributed by atoms with Crippen molar-refractivity contribution in [2.45, 2.75) is 33.1 Å². The van der Waals surface area contributed by atoms with E-state index in [-0.39, 0.29) is 5.91 Å². The third kappa shape index (κ3) is 3.06. The van der Waals surface area contributed by atoms with Crippen molar-refractivity contribution < 1.29 is 4.79 Å². The summed E-state index contributed by atoms with van der Waals surface area (Å²) in [6.07, 6.45) is 3.77. The molecule has 1 amide bonds.